The predicted octanol–water partition coefficient (Wildman–Crippen LogP) is 2.22. The molecule has 116 valence electrons. The van der Waals surface area contributed by atoms with E-state index in [1.54, 1.807) is 30.9 Å². The second-order valence-corrected chi connectivity index (χ2v) is 5.25. The van der Waals surface area contributed by atoms with Crippen molar-refractivity contribution >= 4 is 11.6 Å². The molecule has 2 rings (SSSR count). The van der Waals surface area contributed by atoms with Gasteiger partial charge in [-0.15, -0.1) is 0 Å². The minimum Gasteiger partial charge on any atom is -0.337 e. The molecular weight excluding hydrogens is 284 g/mol. The Kier molecular flexibility index (Phi) is 4.25. The van der Waals surface area contributed by atoms with Crippen molar-refractivity contribution in [2.75, 3.05) is 7.05 Å². The largest absolute Gasteiger partial charge is 0.337 e. The maximum Gasteiger partial charge on any atom is 0.273 e. The molecular formula is C15H18N4O3. The number of hydrogen-bond acceptors (Lipinski definition) is 4. The van der Waals surface area contributed by atoms with E-state index in [0.29, 0.717) is 17.7 Å². The zero-order valence-electron chi connectivity index (χ0n) is 13.0. The molecule has 0 fully saturated rings. The SMILES string of the molecule is Cc1c(C(=O)N(C)Cc2cnn(C)c2C)cccc1[N+](=O)[O-]. The Morgan fingerprint density at radius 2 is 2.09 bits per heavy atom. The first kappa shape index (κ1) is 15.7. The summed E-state index contributed by atoms with van der Waals surface area (Å²) in [4.78, 5) is 24.6. The van der Waals surface area contributed by atoms with Crippen molar-refractivity contribution in [3.05, 3.63) is 56.9 Å². The van der Waals surface area contributed by atoms with Crippen molar-refractivity contribution in [3.8, 4) is 0 Å². The van der Waals surface area contributed by atoms with E-state index in [2.05, 4.69) is 5.10 Å². The fourth-order valence-corrected chi connectivity index (χ4v) is 2.29. The van der Waals surface area contributed by atoms with Crippen molar-refractivity contribution in [2.45, 2.75) is 20.4 Å². The summed E-state index contributed by atoms with van der Waals surface area (Å²) in [7, 11) is 3.51. The summed E-state index contributed by atoms with van der Waals surface area (Å²) < 4.78 is 1.74. The molecule has 0 saturated heterocycles. The minimum absolute atomic E-state index is 0.0446. The third-order valence-electron chi connectivity index (χ3n) is 3.82. The molecule has 1 heterocycles. The number of nitro groups is 1. The van der Waals surface area contributed by atoms with Gasteiger partial charge in [-0.25, -0.2) is 0 Å². The maximum absolute atomic E-state index is 12.5. The van der Waals surface area contributed by atoms with Crippen LogP contribution < -0.4 is 0 Å². The average molecular weight is 302 g/mol. The van der Waals surface area contributed by atoms with Gasteiger partial charge in [-0.1, -0.05) is 6.07 Å². The molecule has 0 radical (unpaired) electrons. The van der Waals surface area contributed by atoms with Crippen LogP contribution in [0.15, 0.2) is 24.4 Å². The molecule has 0 saturated carbocycles. The van der Waals surface area contributed by atoms with Gasteiger partial charge in [0.15, 0.2) is 0 Å². The molecule has 1 amide bonds. The Bertz CT molecular complexity index is 736. The fraction of sp³-hybridized carbons (Fsp3) is 0.333. The average Bonchev–Trinajstić information content (AvgIpc) is 2.78. The van der Waals surface area contributed by atoms with Crippen LogP contribution in [-0.4, -0.2) is 32.6 Å². The van der Waals surface area contributed by atoms with Crippen LogP contribution in [0.25, 0.3) is 0 Å². The second-order valence-electron chi connectivity index (χ2n) is 5.25. The molecule has 0 aliphatic heterocycles. The Morgan fingerprint density at radius 1 is 1.41 bits per heavy atom. The van der Waals surface area contributed by atoms with Crippen molar-refractivity contribution in [2.24, 2.45) is 7.05 Å². The molecule has 0 unspecified atom stereocenters. The zero-order chi connectivity index (χ0) is 16.4. The maximum atomic E-state index is 12.5. The van der Waals surface area contributed by atoms with Crippen LogP contribution in [0.4, 0.5) is 5.69 Å². The van der Waals surface area contributed by atoms with Gasteiger partial charge in [-0.3, -0.25) is 19.6 Å². The summed E-state index contributed by atoms with van der Waals surface area (Å²) in [6, 6.07) is 4.54. The van der Waals surface area contributed by atoms with Crippen molar-refractivity contribution < 1.29 is 9.72 Å². The highest BCUT2D eigenvalue weighted by molar-refractivity contribution is 5.96. The number of aromatic nitrogens is 2. The van der Waals surface area contributed by atoms with E-state index in [0.717, 1.165) is 11.3 Å². The van der Waals surface area contributed by atoms with E-state index >= 15 is 0 Å². The number of hydrogen-bond donors (Lipinski definition) is 0. The van der Waals surface area contributed by atoms with Crippen molar-refractivity contribution in [3.63, 3.8) is 0 Å². The second kappa shape index (κ2) is 5.97. The van der Waals surface area contributed by atoms with Crippen LogP contribution in [-0.2, 0) is 13.6 Å². The number of amides is 1. The monoisotopic (exact) mass is 302 g/mol. The summed E-state index contributed by atoms with van der Waals surface area (Å²) in [5.74, 6) is -0.246. The molecule has 0 aliphatic rings. The van der Waals surface area contributed by atoms with Crippen molar-refractivity contribution in [1.29, 1.82) is 0 Å². The molecule has 0 bridgehead atoms. The highest BCUT2D eigenvalue weighted by atomic mass is 16.6. The molecule has 0 aliphatic carbocycles. The lowest BCUT2D eigenvalue weighted by molar-refractivity contribution is -0.385. The quantitative estimate of drug-likeness (QED) is 0.640. The molecule has 0 atom stereocenters. The summed E-state index contributed by atoms with van der Waals surface area (Å²) in [6.07, 6.45) is 1.72. The van der Waals surface area contributed by atoms with Gasteiger partial charge >= 0.3 is 0 Å². The van der Waals surface area contributed by atoms with E-state index in [-0.39, 0.29) is 11.6 Å². The minimum atomic E-state index is -0.475. The third-order valence-corrected chi connectivity index (χ3v) is 3.82. The topological polar surface area (TPSA) is 81.3 Å². The van der Waals surface area contributed by atoms with Crippen LogP contribution in [0.5, 0.6) is 0 Å². The van der Waals surface area contributed by atoms with Gasteiger partial charge in [0, 0.05) is 49.1 Å². The first-order valence-corrected chi connectivity index (χ1v) is 6.80. The zero-order valence-corrected chi connectivity index (χ0v) is 13.0. The fourth-order valence-electron chi connectivity index (χ4n) is 2.29. The first-order valence-electron chi connectivity index (χ1n) is 6.80. The number of nitrogens with zero attached hydrogens (tertiary/aromatic N) is 4. The lowest BCUT2D eigenvalue weighted by Crippen LogP contribution is -2.27. The molecule has 2 aromatic rings. The molecule has 7 nitrogen and oxygen atoms in total. The Balaban J connectivity index is 2.26. The number of rotatable bonds is 4. The Labute approximate surface area is 128 Å². The number of nitro benzene ring substituents is 1. The standard InChI is InChI=1S/C15H18N4O3/c1-10-13(6-5-7-14(10)19(21)22)15(20)17(3)9-12-8-16-18(4)11(12)2/h5-8H,9H2,1-4H3. The van der Waals surface area contributed by atoms with Gasteiger partial charge in [-0.2, -0.15) is 5.10 Å². The Hall–Kier alpha value is -2.70. The summed E-state index contributed by atoms with van der Waals surface area (Å²) in [6.45, 7) is 3.93. The molecule has 0 N–H and O–H groups in total. The smallest absolute Gasteiger partial charge is 0.273 e. The van der Waals surface area contributed by atoms with E-state index in [1.165, 1.54) is 17.0 Å². The molecule has 1 aromatic carbocycles. The van der Waals surface area contributed by atoms with Gasteiger partial charge in [0.05, 0.1) is 11.1 Å². The normalized spacial score (nSPS) is 10.5. The summed E-state index contributed by atoms with van der Waals surface area (Å²) in [5, 5.41) is 15.1. The van der Waals surface area contributed by atoms with Gasteiger partial charge in [0.2, 0.25) is 0 Å². The highest BCUT2D eigenvalue weighted by Crippen LogP contribution is 2.22. The van der Waals surface area contributed by atoms with Gasteiger partial charge in [-0.05, 0) is 19.9 Å². The van der Waals surface area contributed by atoms with Crippen LogP contribution in [0.1, 0.15) is 27.2 Å². The van der Waals surface area contributed by atoms with Crippen molar-refractivity contribution in [1.82, 2.24) is 14.7 Å². The summed E-state index contributed by atoms with van der Waals surface area (Å²) >= 11 is 0. The molecule has 7 heteroatoms. The van der Waals surface area contributed by atoms with Crippen LogP contribution in [0.3, 0.4) is 0 Å². The summed E-state index contributed by atoms with van der Waals surface area (Å²) in [5.41, 5.74) is 2.61. The molecule has 22 heavy (non-hydrogen) atoms. The highest BCUT2D eigenvalue weighted by Gasteiger charge is 2.21. The first-order chi connectivity index (χ1) is 10.3. The lowest BCUT2D eigenvalue weighted by atomic mass is 10.1. The Morgan fingerprint density at radius 3 is 2.64 bits per heavy atom. The van der Waals surface area contributed by atoms with E-state index in [1.807, 2.05) is 14.0 Å². The number of benzene rings is 1. The number of carbonyl (C=O) groups is 1. The van der Waals surface area contributed by atoms with Crippen LogP contribution >= 0.6 is 0 Å². The van der Waals surface area contributed by atoms with Crippen LogP contribution in [0, 0.1) is 24.0 Å². The van der Waals surface area contributed by atoms with Gasteiger partial charge in [0.1, 0.15) is 0 Å². The molecule has 1 aromatic heterocycles. The van der Waals surface area contributed by atoms with E-state index in [4.69, 9.17) is 0 Å². The number of aryl methyl sites for hydroxylation is 1. The van der Waals surface area contributed by atoms with E-state index < -0.39 is 4.92 Å². The predicted molar refractivity (Wildman–Crippen MR) is 81.6 cm³/mol. The number of carbonyl (C=O) groups excluding carboxylic acids is 1. The van der Waals surface area contributed by atoms with Gasteiger partial charge < -0.3 is 4.90 Å². The molecule has 0 spiro atoms. The van der Waals surface area contributed by atoms with E-state index in [9.17, 15) is 14.9 Å². The lowest BCUT2D eigenvalue weighted by Gasteiger charge is -2.18. The van der Waals surface area contributed by atoms with Crippen LogP contribution in [0.2, 0.25) is 0 Å². The van der Waals surface area contributed by atoms with Gasteiger partial charge in [0.25, 0.3) is 11.6 Å². The third kappa shape index (κ3) is 2.83.